The van der Waals surface area contributed by atoms with Gasteiger partial charge in [-0.2, -0.15) is 5.10 Å². The second-order valence-corrected chi connectivity index (χ2v) is 6.50. The van der Waals surface area contributed by atoms with Crippen LogP contribution in [0.4, 0.5) is 14.5 Å². The molecule has 0 atom stereocenters. The highest BCUT2D eigenvalue weighted by Gasteiger charge is 2.40. The average molecular weight is 391 g/mol. The Balaban J connectivity index is 1.76. The highest BCUT2D eigenvalue weighted by atomic mass is 19.2. The Labute approximate surface area is 162 Å². The van der Waals surface area contributed by atoms with Gasteiger partial charge in [0.15, 0.2) is 17.3 Å². The van der Waals surface area contributed by atoms with Crippen LogP contribution in [0, 0.1) is 11.6 Å². The SMILES string of the molecule is Cn1nc(-c2ccncc2)c2c3c(cnc21)C(=O)N(c1ccc(F)c(F)c1)C3=O. The number of aromatic nitrogens is 4. The molecule has 5 rings (SSSR count). The summed E-state index contributed by atoms with van der Waals surface area (Å²) >= 11 is 0. The smallest absolute Gasteiger partial charge is 0.267 e. The van der Waals surface area contributed by atoms with Gasteiger partial charge in [0, 0.05) is 37.3 Å². The van der Waals surface area contributed by atoms with Crippen LogP contribution in [-0.2, 0) is 7.05 Å². The van der Waals surface area contributed by atoms with Crippen molar-refractivity contribution in [3.8, 4) is 11.3 Å². The zero-order valence-corrected chi connectivity index (χ0v) is 14.9. The van der Waals surface area contributed by atoms with E-state index in [4.69, 9.17) is 0 Å². The lowest BCUT2D eigenvalue weighted by atomic mass is 10.0. The fourth-order valence-electron chi connectivity index (χ4n) is 3.50. The largest absolute Gasteiger partial charge is 0.268 e. The van der Waals surface area contributed by atoms with Gasteiger partial charge in [-0.1, -0.05) is 0 Å². The molecule has 0 saturated heterocycles. The summed E-state index contributed by atoms with van der Waals surface area (Å²) in [7, 11) is 1.68. The van der Waals surface area contributed by atoms with Crippen molar-refractivity contribution in [2.75, 3.05) is 4.90 Å². The van der Waals surface area contributed by atoms with E-state index >= 15 is 0 Å². The quantitative estimate of drug-likeness (QED) is 0.491. The third kappa shape index (κ3) is 2.37. The number of halogens is 2. The molecule has 1 aromatic carbocycles. The third-order valence-electron chi connectivity index (χ3n) is 4.82. The minimum atomic E-state index is -1.15. The van der Waals surface area contributed by atoms with Crippen LogP contribution >= 0.6 is 0 Å². The number of aryl methyl sites for hydroxylation is 1. The summed E-state index contributed by atoms with van der Waals surface area (Å²) in [5.74, 6) is -3.52. The normalized spacial score (nSPS) is 13.4. The van der Waals surface area contributed by atoms with E-state index in [0.717, 1.165) is 17.0 Å². The van der Waals surface area contributed by atoms with Gasteiger partial charge >= 0.3 is 0 Å². The van der Waals surface area contributed by atoms with Crippen LogP contribution < -0.4 is 4.90 Å². The number of rotatable bonds is 2. The zero-order chi connectivity index (χ0) is 20.3. The van der Waals surface area contributed by atoms with Crippen molar-refractivity contribution in [3.05, 3.63) is 71.7 Å². The lowest BCUT2D eigenvalue weighted by Gasteiger charge is -2.13. The van der Waals surface area contributed by atoms with Gasteiger partial charge in [0.1, 0.15) is 5.69 Å². The first kappa shape index (κ1) is 17.1. The predicted molar refractivity (Wildman–Crippen MR) is 99.2 cm³/mol. The maximum atomic E-state index is 13.7. The second-order valence-electron chi connectivity index (χ2n) is 6.50. The van der Waals surface area contributed by atoms with Gasteiger partial charge in [-0.25, -0.2) is 23.3 Å². The summed E-state index contributed by atoms with van der Waals surface area (Å²) in [6.45, 7) is 0. The molecule has 0 bridgehead atoms. The van der Waals surface area contributed by atoms with Crippen LogP contribution in [0.25, 0.3) is 22.3 Å². The average Bonchev–Trinajstić information content (AvgIpc) is 3.19. The minimum Gasteiger partial charge on any atom is -0.268 e. The van der Waals surface area contributed by atoms with Crippen LogP contribution in [0.5, 0.6) is 0 Å². The molecule has 1 aliphatic heterocycles. The molecule has 0 saturated carbocycles. The summed E-state index contributed by atoms with van der Waals surface area (Å²) in [6.07, 6.45) is 4.48. The summed E-state index contributed by atoms with van der Waals surface area (Å²) in [5.41, 5.74) is 1.75. The molecule has 0 aliphatic carbocycles. The Morgan fingerprint density at radius 2 is 1.72 bits per heavy atom. The summed E-state index contributed by atoms with van der Waals surface area (Å²) in [5, 5.41) is 4.87. The topological polar surface area (TPSA) is 81.0 Å². The molecule has 4 heterocycles. The minimum absolute atomic E-state index is 0.0578. The number of hydrogen-bond donors (Lipinski definition) is 0. The van der Waals surface area contributed by atoms with Gasteiger partial charge in [-0.15, -0.1) is 0 Å². The lowest BCUT2D eigenvalue weighted by Crippen LogP contribution is -2.29. The van der Waals surface area contributed by atoms with Gasteiger partial charge in [-0.05, 0) is 24.3 Å². The molecule has 2 amide bonds. The van der Waals surface area contributed by atoms with Crippen molar-refractivity contribution in [2.45, 2.75) is 0 Å². The van der Waals surface area contributed by atoms with E-state index in [1.54, 1.807) is 31.6 Å². The van der Waals surface area contributed by atoms with Crippen LogP contribution in [0.1, 0.15) is 20.7 Å². The molecule has 0 N–H and O–H groups in total. The molecular formula is C20H11F2N5O2. The van der Waals surface area contributed by atoms with Crippen molar-refractivity contribution in [3.63, 3.8) is 0 Å². The van der Waals surface area contributed by atoms with E-state index in [-0.39, 0.29) is 16.8 Å². The number of nitrogens with zero attached hydrogens (tertiary/aromatic N) is 5. The summed E-state index contributed by atoms with van der Waals surface area (Å²) in [4.78, 5) is 35.2. The Kier molecular flexibility index (Phi) is 3.54. The summed E-state index contributed by atoms with van der Waals surface area (Å²) in [6, 6.07) is 6.33. The van der Waals surface area contributed by atoms with E-state index in [0.29, 0.717) is 22.3 Å². The number of carbonyl (C=O) groups excluding carboxylic acids is 2. The molecule has 0 unspecified atom stereocenters. The highest BCUT2D eigenvalue weighted by molar-refractivity contribution is 6.38. The number of anilines is 1. The van der Waals surface area contributed by atoms with Crippen LogP contribution in [0.15, 0.2) is 48.9 Å². The van der Waals surface area contributed by atoms with Gasteiger partial charge in [0.25, 0.3) is 11.8 Å². The first-order valence-electron chi connectivity index (χ1n) is 8.57. The second kappa shape index (κ2) is 5.99. The van der Waals surface area contributed by atoms with Gasteiger partial charge in [0.2, 0.25) is 0 Å². The number of imide groups is 1. The number of benzene rings is 1. The fraction of sp³-hybridized carbons (Fsp3) is 0.0500. The Morgan fingerprint density at radius 1 is 0.966 bits per heavy atom. The molecule has 3 aromatic heterocycles. The van der Waals surface area contributed by atoms with E-state index < -0.39 is 23.4 Å². The first-order chi connectivity index (χ1) is 14.0. The molecule has 29 heavy (non-hydrogen) atoms. The number of amides is 2. The fourth-order valence-corrected chi connectivity index (χ4v) is 3.50. The molecule has 4 aromatic rings. The molecule has 7 nitrogen and oxygen atoms in total. The van der Waals surface area contributed by atoms with Crippen molar-refractivity contribution in [1.29, 1.82) is 0 Å². The van der Waals surface area contributed by atoms with E-state index in [2.05, 4.69) is 15.1 Å². The van der Waals surface area contributed by atoms with E-state index in [1.807, 2.05) is 0 Å². The number of pyridine rings is 2. The predicted octanol–water partition coefficient (Wildman–Crippen LogP) is 3.11. The lowest BCUT2D eigenvalue weighted by molar-refractivity contribution is 0.0926. The monoisotopic (exact) mass is 391 g/mol. The van der Waals surface area contributed by atoms with Crippen LogP contribution in [0.2, 0.25) is 0 Å². The van der Waals surface area contributed by atoms with Gasteiger partial charge in [-0.3, -0.25) is 14.6 Å². The van der Waals surface area contributed by atoms with Crippen molar-refractivity contribution in [1.82, 2.24) is 19.7 Å². The molecule has 0 radical (unpaired) electrons. The van der Waals surface area contributed by atoms with Crippen molar-refractivity contribution >= 4 is 28.5 Å². The molecular weight excluding hydrogens is 380 g/mol. The third-order valence-corrected chi connectivity index (χ3v) is 4.82. The van der Waals surface area contributed by atoms with E-state index in [9.17, 15) is 18.4 Å². The van der Waals surface area contributed by atoms with Crippen LogP contribution in [0.3, 0.4) is 0 Å². The van der Waals surface area contributed by atoms with E-state index in [1.165, 1.54) is 16.9 Å². The number of hydrogen-bond acceptors (Lipinski definition) is 5. The first-order valence-corrected chi connectivity index (χ1v) is 8.57. The van der Waals surface area contributed by atoms with Crippen molar-refractivity contribution < 1.29 is 18.4 Å². The van der Waals surface area contributed by atoms with Gasteiger partial charge < -0.3 is 0 Å². The van der Waals surface area contributed by atoms with Crippen molar-refractivity contribution in [2.24, 2.45) is 7.05 Å². The standard InChI is InChI=1S/C20H11F2N5O2/c1-26-18-16(17(25-26)10-4-6-23-7-5-10)15-12(9-24-18)19(28)27(20(15)29)11-2-3-13(21)14(22)8-11/h2-9H,1H3. The Hall–Kier alpha value is -4.01. The van der Waals surface area contributed by atoms with Gasteiger partial charge in [0.05, 0.1) is 22.2 Å². The molecule has 0 spiro atoms. The zero-order valence-electron chi connectivity index (χ0n) is 14.9. The molecule has 9 heteroatoms. The maximum absolute atomic E-state index is 13.7. The maximum Gasteiger partial charge on any atom is 0.267 e. The Morgan fingerprint density at radius 3 is 2.45 bits per heavy atom. The number of fused-ring (bicyclic) bond motifs is 3. The number of carbonyl (C=O) groups is 2. The Bertz CT molecular complexity index is 1330. The molecule has 0 fully saturated rings. The highest BCUT2D eigenvalue weighted by Crippen LogP contribution is 2.37. The summed E-state index contributed by atoms with van der Waals surface area (Å²) < 4.78 is 28.5. The molecule has 142 valence electrons. The molecule has 1 aliphatic rings. The van der Waals surface area contributed by atoms with Crippen LogP contribution in [-0.4, -0.2) is 31.6 Å².